The molecule has 4 aromatic rings. The van der Waals surface area contributed by atoms with Crippen LogP contribution < -0.4 is 4.74 Å². The summed E-state index contributed by atoms with van der Waals surface area (Å²) in [6.07, 6.45) is 0. The van der Waals surface area contributed by atoms with E-state index in [1.807, 2.05) is 48.5 Å². The molecule has 3 aromatic carbocycles. The van der Waals surface area contributed by atoms with Crippen molar-refractivity contribution >= 4 is 62.6 Å². The number of aromatic nitrogens is 1. The van der Waals surface area contributed by atoms with Crippen LogP contribution in [0.4, 0.5) is 0 Å². The SMILES string of the molecule is O=C(Oc1c(Cl)ccc(Cl)c1Cl)c1c2ccccc2nc2ccccc12. The van der Waals surface area contributed by atoms with Crippen LogP contribution in [0, 0.1) is 0 Å². The van der Waals surface area contributed by atoms with Gasteiger partial charge in [-0.3, -0.25) is 0 Å². The van der Waals surface area contributed by atoms with Crippen LogP contribution in [0.15, 0.2) is 60.7 Å². The quantitative estimate of drug-likeness (QED) is 0.165. The Bertz CT molecular complexity index is 1120. The average Bonchev–Trinajstić information content (AvgIpc) is 2.66. The molecule has 0 amide bonds. The number of carbonyl (C=O) groups is 1. The van der Waals surface area contributed by atoms with Crippen LogP contribution in [-0.2, 0) is 0 Å². The second-order valence-corrected chi connectivity index (χ2v) is 6.78. The molecular weight excluding hydrogens is 393 g/mol. The molecule has 26 heavy (non-hydrogen) atoms. The number of para-hydroxylation sites is 2. The largest absolute Gasteiger partial charge is 0.420 e. The van der Waals surface area contributed by atoms with Gasteiger partial charge >= 0.3 is 5.97 Å². The lowest BCUT2D eigenvalue weighted by molar-refractivity contribution is 0.0739. The summed E-state index contributed by atoms with van der Waals surface area (Å²) in [6, 6.07) is 17.8. The molecule has 0 spiro atoms. The number of fused-ring (bicyclic) bond motifs is 2. The summed E-state index contributed by atoms with van der Waals surface area (Å²) >= 11 is 18.3. The van der Waals surface area contributed by atoms with Crippen molar-refractivity contribution in [3.8, 4) is 5.75 Å². The van der Waals surface area contributed by atoms with Gasteiger partial charge in [-0.05, 0) is 24.3 Å². The molecule has 0 aliphatic carbocycles. The lowest BCUT2D eigenvalue weighted by Gasteiger charge is -2.12. The second kappa shape index (κ2) is 6.76. The fourth-order valence-electron chi connectivity index (χ4n) is 2.81. The van der Waals surface area contributed by atoms with E-state index in [2.05, 4.69) is 4.98 Å². The van der Waals surface area contributed by atoms with E-state index >= 15 is 0 Å². The van der Waals surface area contributed by atoms with Crippen LogP contribution in [0.3, 0.4) is 0 Å². The fourth-order valence-corrected chi connectivity index (χ4v) is 3.40. The third-order valence-electron chi connectivity index (χ3n) is 3.99. The maximum absolute atomic E-state index is 13.0. The van der Waals surface area contributed by atoms with Crippen molar-refractivity contribution in [3.05, 3.63) is 81.3 Å². The number of nitrogens with zero attached hydrogens (tertiary/aromatic N) is 1. The Kier molecular flexibility index (Phi) is 4.45. The normalized spacial score (nSPS) is 11.0. The minimum Gasteiger partial charge on any atom is -0.420 e. The van der Waals surface area contributed by atoms with E-state index < -0.39 is 5.97 Å². The van der Waals surface area contributed by atoms with E-state index in [1.165, 1.54) is 6.07 Å². The molecule has 0 saturated carbocycles. The summed E-state index contributed by atoms with van der Waals surface area (Å²) in [5.74, 6) is -0.540. The Morgan fingerprint density at radius 3 is 1.92 bits per heavy atom. The van der Waals surface area contributed by atoms with E-state index in [1.54, 1.807) is 6.07 Å². The van der Waals surface area contributed by atoms with Crippen molar-refractivity contribution in [1.29, 1.82) is 0 Å². The molecule has 1 aromatic heterocycles. The van der Waals surface area contributed by atoms with Gasteiger partial charge in [0.05, 0.1) is 26.6 Å². The van der Waals surface area contributed by atoms with Crippen LogP contribution in [0.1, 0.15) is 10.4 Å². The van der Waals surface area contributed by atoms with Crippen LogP contribution in [-0.4, -0.2) is 11.0 Å². The van der Waals surface area contributed by atoms with Crippen molar-refractivity contribution in [2.75, 3.05) is 0 Å². The molecular formula is C20H10Cl3NO2. The number of rotatable bonds is 2. The van der Waals surface area contributed by atoms with E-state index in [0.717, 1.165) is 0 Å². The molecule has 0 radical (unpaired) electrons. The van der Waals surface area contributed by atoms with E-state index in [9.17, 15) is 4.79 Å². The summed E-state index contributed by atoms with van der Waals surface area (Å²) in [5.41, 5.74) is 1.79. The lowest BCUT2D eigenvalue weighted by Crippen LogP contribution is -2.11. The molecule has 128 valence electrons. The van der Waals surface area contributed by atoms with E-state index in [0.29, 0.717) is 27.4 Å². The number of pyridine rings is 1. The number of carbonyl (C=O) groups excluding carboxylic acids is 1. The molecule has 3 nitrogen and oxygen atoms in total. The second-order valence-electron chi connectivity index (χ2n) is 5.58. The van der Waals surface area contributed by atoms with Gasteiger partial charge in [-0.2, -0.15) is 0 Å². The molecule has 6 heteroatoms. The van der Waals surface area contributed by atoms with Gasteiger partial charge in [-0.25, -0.2) is 9.78 Å². The van der Waals surface area contributed by atoms with Crippen LogP contribution in [0.2, 0.25) is 15.1 Å². The summed E-state index contributed by atoms with van der Waals surface area (Å²) in [5, 5.41) is 1.92. The number of benzene rings is 3. The number of hydrogen-bond donors (Lipinski definition) is 0. The van der Waals surface area contributed by atoms with Gasteiger partial charge in [0, 0.05) is 10.8 Å². The van der Waals surface area contributed by atoms with Crippen molar-refractivity contribution in [1.82, 2.24) is 4.98 Å². The van der Waals surface area contributed by atoms with Gasteiger partial charge in [-0.1, -0.05) is 71.2 Å². The minimum absolute atomic E-state index is 0.0378. The number of ether oxygens (including phenoxy) is 1. The summed E-state index contributed by atoms with van der Waals surface area (Å²) in [4.78, 5) is 17.6. The van der Waals surface area contributed by atoms with Crippen LogP contribution in [0.25, 0.3) is 21.8 Å². The number of hydrogen-bond acceptors (Lipinski definition) is 3. The predicted molar refractivity (Wildman–Crippen MR) is 106 cm³/mol. The van der Waals surface area contributed by atoms with E-state index in [4.69, 9.17) is 39.5 Å². The Balaban J connectivity index is 1.93. The molecule has 0 unspecified atom stereocenters. The molecule has 4 rings (SSSR count). The van der Waals surface area contributed by atoms with Gasteiger partial charge in [-0.15, -0.1) is 0 Å². The maximum atomic E-state index is 13.0. The number of halogens is 3. The van der Waals surface area contributed by atoms with Gasteiger partial charge in [0.15, 0.2) is 5.75 Å². The molecule has 0 bridgehead atoms. The van der Waals surface area contributed by atoms with Gasteiger partial charge in [0.25, 0.3) is 0 Å². The van der Waals surface area contributed by atoms with E-state index in [-0.39, 0.29) is 20.8 Å². The first-order valence-electron chi connectivity index (χ1n) is 7.69. The molecule has 0 saturated heterocycles. The van der Waals surface area contributed by atoms with Gasteiger partial charge in [0.1, 0.15) is 5.02 Å². The highest BCUT2D eigenvalue weighted by molar-refractivity contribution is 6.45. The third kappa shape index (κ3) is 2.88. The summed E-state index contributed by atoms with van der Waals surface area (Å²) in [6.45, 7) is 0. The molecule has 0 aliphatic rings. The van der Waals surface area contributed by atoms with Crippen molar-refractivity contribution in [2.45, 2.75) is 0 Å². The zero-order valence-corrected chi connectivity index (χ0v) is 15.4. The molecule has 0 fully saturated rings. The molecule has 0 atom stereocenters. The lowest BCUT2D eigenvalue weighted by atomic mass is 10.0. The topological polar surface area (TPSA) is 39.2 Å². The highest BCUT2D eigenvalue weighted by atomic mass is 35.5. The Labute approximate surface area is 164 Å². The molecule has 1 heterocycles. The highest BCUT2D eigenvalue weighted by Crippen LogP contribution is 2.39. The standard InChI is InChI=1S/C20H10Cl3NO2/c21-13-9-10-14(22)19(18(13)23)26-20(25)17-11-5-1-3-7-15(11)24-16-8-4-2-6-12(16)17/h1-10H. The molecule has 0 aliphatic heterocycles. The highest BCUT2D eigenvalue weighted by Gasteiger charge is 2.21. The zero-order chi connectivity index (χ0) is 18.3. The van der Waals surface area contributed by atoms with Crippen LogP contribution >= 0.6 is 34.8 Å². The summed E-state index contributed by atoms with van der Waals surface area (Å²) in [7, 11) is 0. The van der Waals surface area contributed by atoms with Gasteiger partial charge < -0.3 is 4.74 Å². The minimum atomic E-state index is -0.578. The first kappa shape index (κ1) is 17.1. The Hall–Kier alpha value is -2.33. The first-order valence-corrected chi connectivity index (χ1v) is 8.83. The maximum Gasteiger partial charge on any atom is 0.345 e. The number of esters is 1. The third-order valence-corrected chi connectivity index (χ3v) is 5.07. The summed E-state index contributed by atoms with van der Waals surface area (Å²) < 4.78 is 5.54. The van der Waals surface area contributed by atoms with Gasteiger partial charge in [0.2, 0.25) is 0 Å². The van der Waals surface area contributed by atoms with Crippen molar-refractivity contribution < 1.29 is 9.53 Å². The first-order chi connectivity index (χ1) is 12.6. The fraction of sp³-hybridized carbons (Fsp3) is 0. The monoisotopic (exact) mass is 401 g/mol. The molecule has 0 N–H and O–H groups in total. The Morgan fingerprint density at radius 2 is 1.31 bits per heavy atom. The van der Waals surface area contributed by atoms with Crippen LogP contribution in [0.5, 0.6) is 5.75 Å². The zero-order valence-electron chi connectivity index (χ0n) is 13.2. The Morgan fingerprint density at radius 1 is 0.769 bits per heavy atom. The van der Waals surface area contributed by atoms with Crippen molar-refractivity contribution in [2.24, 2.45) is 0 Å². The smallest absolute Gasteiger partial charge is 0.345 e. The van der Waals surface area contributed by atoms with Crippen molar-refractivity contribution in [3.63, 3.8) is 0 Å². The predicted octanol–water partition coefficient (Wildman–Crippen LogP) is 6.57. The average molecular weight is 403 g/mol.